The van der Waals surface area contributed by atoms with Crippen molar-refractivity contribution < 1.29 is 19.1 Å². The summed E-state index contributed by atoms with van der Waals surface area (Å²) in [6.07, 6.45) is 3.44. The molecular formula is C22H20ClN3O4. The SMILES string of the molecule is CNC(=O)c1cc2nccc(Oc3ccc(NC(=O)C4CC4)c(Cl)c3)c2cc1OC. The van der Waals surface area contributed by atoms with Crippen LogP contribution in [-0.2, 0) is 4.79 Å². The molecule has 1 aliphatic rings. The Labute approximate surface area is 178 Å². The number of halogens is 1. The highest BCUT2D eigenvalue weighted by Gasteiger charge is 2.29. The number of fused-ring (bicyclic) bond motifs is 1. The number of rotatable bonds is 6. The third-order valence-corrected chi connectivity index (χ3v) is 5.18. The van der Waals surface area contributed by atoms with Crippen molar-refractivity contribution in [2.45, 2.75) is 12.8 Å². The Morgan fingerprint density at radius 2 is 1.93 bits per heavy atom. The molecule has 0 spiro atoms. The van der Waals surface area contributed by atoms with Gasteiger partial charge in [0.1, 0.15) is 17.2 Å². The summed E-state index contributed by atoms with van der Waals surface area (Å²) in [5.41, 5.74) is 1.53. The highest BCUT2D eigenvalue weighted by Crippen LogP contribution is 2.36. The molecule has 30 heavy (non-hydrogen) atoms. The monoisotopic (exact) mass is 425 g/mol. The van der Waals surface area contributed by atoms with Crippen molar-refractivity contribution in [3.63, 3.8) is 0 Å². The maximum absolute atomic E-state index is 12.1. The Kier molecular flexibility index (Phi) is 5.46. The lowest BCUT2D eigenvalue weighted by Gasteiger charge is -2.13. The van der Waals surface area contributed by atoms with Crippen LogP contribution in [0.5, 0.6) is 17.2 Å². The van der Waals surface area contributed by atoms with Gasteiger partial charge in [0.2, 0.25) is 5.91 Å². The van der Waals surface area contributed by atoms with Gasteiger partial charge in [-0.2, -0.15) is 0 Å². The molecule has 0 unspecified atom stereocenters. The summed E-state index contributed by atoms with van der Waals surface area (Å²) in [6, 6.07) is 10.2. The van der Waals surface area contributed by atoms with Gasteiger partial charge in [0, 0.05) is 30.6 Å². The molecule has 7 nitrogen and oxygen atoms in total. The van der Waals surface area contributed by atoms with Crippen LogP contribution in [0.2, 0.25) is 5.02 Å². The first-order valence-corrected chi connectivity index (χ1v) is 9.85. The topological polar surface area (TPSA) is 89.5 Å². The van der Waals surface area contributed by atoms with Gasteiger partial charge in [0.05, 0.1) is 28.9 Å². The molecule has 0 bridgehead atoms. The van der Waals surface area contributed by atoms with Crippen LogP contribution in [0, 0.1) is 5.92 Å². The molecule has 0 saturated heterocycles. The maximum atomic E-state index is 12.1. The van der Waals surface area contributed by atoms with Gasteiger partial charge in [-0.25, -0.2) is 0 Å². The smallest absolute Gasteiger partial charge is 0.254 e. The van der Waals surface area contributed by atoms with Crippen LogP contribution in [0.4, 0.5) is 5.69 Å². The number of carbonyl (C=O) groups excluding carboxylic acids is 2. The van der Waals surface area contributed by atoms with E-state index in [9.17, 15) is 9.59 Å². The van der Waals surface area contributed by atoms with Crippen molar-refractivity contribution in [3.05, 3.63) is 53.2 Å². The van der Waals surface area contributed by atoms with E-state index in [0.29, 0.717) is 44.4 Å². The van der Waals surface area contributed by atoms with E-state index in [4.69, 9.17) is 21.1 Å². The van der Waals surface area contributed by atoms with Crippen LogP contribution in [0.3, 0.4) is 0 Å². The molecule has 154 valence electrons. The second kappa shape index (κ2) is 8.20. The van der Waals surface area contributed by atoms with Crippen molar-refractivity contribution in [3.8, 4) is 17.2 Å². The van der Waals surface area contributed by atoms with Gasteiger partial charge in [0.15, 0.2) is 0 Å². The minimum absolute atomic E-state index is 0.00953. The van der Waals surface area contributed by atoms with Gasteiger partial charge in [-0.3, -0.25) is 14.6 Å². The minimum Gasteiger partial charge on any atom is -0.496 e. The molecule has 0 radical (unpaired) electrons. The summed E-state index contributed by atoms with van der Waals surface area (Å²) in [5.74, 6) is 1.27. The van der Waals surface area contributed by atoms with E-state index in [1.807, 2.05) is 0 Å². The number of carbonyl (C=O) groups is 2. The molecule has 1 saturated carbocycles. The number of nitrogens with one attached hydrogen (secondary N) is 2. The largest absolute Gasteiger partial charge is 0.496 e. The standard InChI is InChI=1S/C22H20ClN3O4/c1-24-22(28)15-10-18-14(11-20(15)29-2)19(7-8-25-18)30-13-5-6-17(16(23)9-13)26-21(27)12-3-4-12/h5-12H,3-4H2,1-2H3,(H,24,28)(H,26,27). The van der Waals surface area contributed by atoms with Gasteiger partial charge >= 0.3 is 0 Å². The number of anilines is 1. The van der Waals surface area contributed by atoms with E-state index in [2.05, 4.69) is 15.6 Å². The Balaban J connectivity index is 1.64. The maximum Gasteiger partial charge on any atom is 0.254 e. The zero-order valence-electron chi connectivity index (χ0n) is 16.5. The number of aromatic nitrogens is 1. The van der Waals surface area contributed by atoms with E-state index in [-0.39, 0.29) is 17.7 Å². The van der Waals surface area contributed by atoms with Crippen molar-refractivity contribution in [1.82, 2.24) is 10.3 Å². The summed E-state index contributed by atoms with van der Waals surface area (Å²) in [7, 11) is 3.05. The molecule has 3 aromatic rings. The number of hydrogen-bond donors (Lipinski definition) is 2. The van der Waals surface area contributed by atoms with Crippen molar-refractivity contribution in [1.29, 1.82) is 0 Å². The van der Waals surface area contributed by atoms with Gasteiger partial charge in [0.25, 0.3) is 5.91 Å². The Hall–Kier alpha value is -3.32. The summed E-state index contributed by atoms with van der Waals surface area (Å²) in [5, 5.41) is 6.50. The summed E-state index contributed by atoms with van der Waals surface area (Å²) < 4.78 is 11.4. The highest BCUT2D eigenvalue weighted by molar-refractivity contribution is 6.33. The fraction of sp³-hybridized carbons (Fsp3) is 0.227. The number of pyridine rings is 1. The van der Waals surface area contributed by atoms with Crippen LogP contribution in [0.15, 0.2) is 42.6 Å². The third-order valence-electron chi connectivity index (χ3n) is 4.87. The quantitative estimate of drug-likeness (QED) is 0.611. The molecule has 2 amide bonds. The Bertz CT molecular complexity index is 1140. The van der Waals surface area contributed by atoms with Gasteiger partial charge in [-0.1, -0.05) is 11.6 Å². The highest BCUT2D eigenvalue weighted by atomic mass is 35.5. The molecule has 1 aromatic heterocycles. The van der Waals surface area contributed by atoms with E-state index < -0.39 is 0 Å². The lowest BCUT2D eigenvalue weighted by atomic mass is 10.1. The van der Waals surface area contributed by atoms with Crippen LogP contribution in [-0.4, -0.2) is 31.0 Å². The number of nitrogens with zero attached hydrogens (tertiary/aromatic N) is 1. The summed E-state index contributed by atoms with van der Waals surface area (Å²) >= 11 is 6.33. The van der Waals surface area contributed by atoms with E-state index in [0.717, 1.165) is 12.8 Å². The molecule has 2 aromatic carbocycles. The lowest BCUT2D eigenvalue weighted by molar-refractivity contribution is -0.117. The molecule has 8 heteroatoms. The number of hydrogen-bond acceptors (Lipinski definition) is 5. The Morgan fingerprint density at radius 3 is 2.60 bits per heavy atom. The first-order valence-electron chi connectivity index (χ1n) is 9.47. The zero-order valence-corrected chi connectivity index (χ0v) is 17.2. The zero-order chi connectivity index (χ0) is 21.3. The van der Waals surface area contributed by atoms with Crippen LogP contribution >= 0.6 is 11.6 Å². The number of ether oxygens (including phenoxy) is 2. The average molecular weight is 426 g/mol. The first kappa shape index (κ1) is 20.0. The third kappa shape index (κ3) is 4.02. The van der Waals surface area contributed by atoms with Crippen molar-refractivity contribution in [2.24, 2.45) is 5.92 Å². The van der Waals surface area contributed by atoms with Crippen LogP contribution in [0.1, 0.15) is 23.2 Å². The molecule has 0 atom stereocenters. The minimum atomic E-state index is -0.266. The normalized spacial score (nSPS) is 13.0. The fourth-order valence-electron chi connectivity index (χ4n) is 3.09. The number of amides is 2. The van der Waals surface area contributed by atoms with Crippen LogP contribution in [0.25, 0.3) is 10.9 Å². The van der Waals surface area contributed by atoms with Crippen LogP contribution < -0.4 is 20.1 Å². The lowest BCUT2D eigenvalue weighted by Crippen LogP contribution is -2.18. The van der Waals surface area contributed by atoms with Crippen molar-refractivity contribution in [2.75, 3.05) is 19.5 Å². The van der Waals surface area contributed by atoms with Gasteiger partial charge < -0.3 is 20.1 Å². The van der Waals surface area contributed by atoms with E-state index in [1.165, 1.54) is 7.11 Å². The summed E-state index contributed by atoms with van der Waals surface area (Å²) in [4.78, 5) is 28.4. The molecular weight excluding hydrogens is 406 g/mol. The van der Waals surface area contributed by atoms with E-state index in [1.54, 1.807) is 49.6 Å². The molecule has 2 N–H and O–H groups in total. The van der Waals surface area contributed by atoms with Gasteiger partial charge in [-0.15, -0.1) is 0 Å². The molecule has 1 heterocycles. The molecule has 4 rings (SSSR count). The molecule has 0 aliphatic heterocycles. The predicted octanol–water partition coefficient (Wildman–Crippen LogP) is 4.40. The number of methoxy groups -OCH3 is 1. The predicted molar refractivity (Wildman–Crippen MR) is 115 cm³/mol. The molecule has 1 fully saturated rings. The average Bonchev–Trinajstić information content (AvgIpc) is 3.60. The van der Waals surface area contributed by atoms with E-state index >= 15 is 0 Å². The summed E-state index contributed by atoms with van der Waals surface area (Å²) in [6.45, 7) is 0. The Morgan fingerprint density at radius 1 is 1.13 bits per heavy atom. The number of benzene rings is 2. The second-order valence-electron chi connectivity index (χ2n) is 6.97. The first-order chi connectivity index (χ1) is 14.5. The fourth-order valence-corrected chi connectivity index (χ4v) is 3.30. The van der Waals surface area contributed by atoms with Crippen molar-refractivity contribution >= 4 is 40.0 Å². The molecule has 1 aliphatic carbocycles. The second-order valence-corrected chi connectivity index (χ2v) is 7.37. The van der Waals surface area contributed by atoms with Gasteiger partial charge in [-0.05, 0) is 43.2 Å².